The second-order valence-corrected chi connectivity index (χ2v) is 7.04. The van der Waals surface area contributed by atoms with Gasteiger partial charge in [0, 0.05) is 51.5 Å². The Morgan fingerprint density at radius 2 is 1.81 bits per heavy atom. The highest BCUT2D eigenvalue weighted by Gasteiger charge is 2.25. The van der Waals surface area contributed by atoms with Crippen molar-refractivity contribution >= 4 is 0 Å². The summed E-state index contributed by atoms with van der Waals surface area (Å²) in [7, 11) is 0. The minimum Gasteiger partial charge on any atom is -0.372 e. The van der Waals surface area contributed by atoms with Crippen LogP contribution in [0, 0.1) is 0 Å². The fourth-order valence-electron chi connectivity index (χ4n) is 3.85. The van der Waals surface area contributed by atoms with Gasteiger partial charge in [0.1, 0.15) is 0 Å². The van der Waals surface area contributed by atoms with Gasteiger partial charge in [-0.1, -0.05) is 24.3 Å². The molecule has 4 rings (SSSR count). The van der Waals surface area contributed by atoms with E-state index in [1.807, 2.05) is 0 Å². The number of hydrogen-bond donors (Lipinski definition) is 0. The third-order valence-corrected chi connectivity index (χ3v) is 5.39. The van der Waals surface area contributed by atoms with Gasteiger partial charge in [-0.2, -0.15) is 5.10 Å². The van der Waals surface area contributed by atoms with Crippen LogP contribution in [0.3, 0.4) is 0 Å². The number of piperazine rings is 1. The van der Waals surface area contributed by atoms with Crippen LogP contribution in [0.25, 0.3) is 0 Å². The Bertz CT molecular complexity index is 783. The second-order valence-electron chi connectivity index (χ2n) is 7.04. The van der Waals surface area contributed by atoms with Crippen molar-refractivity contribution in [3.63, 3.8) is 0 Å². The highest BCUT2D eigenvalue weighted by molar-refractivity contribution is 5.31. The van der Waals surface area contributed by atoms with Gasteiger partial charge >= 0.3 is 0 Å². The van der Waals surface area contributed by atoms with Crippen LogP contribution in [0.5, 0.6) is 0 Å². The third-order valence-electron chi connectivity index (χ3n) is 5.39. The number of fused-ring (bicyclic) bond motifs is 1. The van der Waals surface area contributed by atoms with E-state index >= 15 is 0 Å². The van der Waals surface area contributed by atoms with E-state index in [2.05, 4.69) is 39.2 Å². The molecule has 1 aromatic heterocycles. The Kier molecular flexibility index (Phi) is 5.43. The van der Waals surface area contributed by atoms with E-state index in [0.717, 1.165) is 52.3 Å². The van der Waals surface area contributed by atoms with Crippen molar-refractivity contribution in [2.75, 3.05) is 45.9 Å². The van der Waals surface area contributed by atoms with Crippen LogP contribution in [0.4, 0.5) is 0 Å². The molecule has 2 aliphatic rings. The molecular weight excluding hydrogens is 328 g/mol. The first-order chi connectivity index (χ1) is 12.8. The molecule has 0 spiro atoms. The Hall–Kier alpha value is -2.02. The summed E-state index contributed by atoms with van der Waals surface area (Å²) in [5.74, 6) is 0. The van der Waals surface area contributed by atoms with Gasteiger partial charge in [0.25, 0.3) is 5.56 Å². The Morgan fingerprint density at radius 3 is 2.65 bits per heavy atom. The molecule has 6 nitrogen and oxygen atoms in total. The van der Waals surface area contributed by atoms with Crippen LogP contribution in [0.2, 0.25) is 0 Å². The number of rotatable bonds is 5. The van der Waals surface area contributed by atoms with Crippen molar-refractivity contribution in [2.24, 2.45) is 0 Å². The quantitative estimate of drug-likeness (QED) is 0.807. The fraction of sp³-hybridized carbons (Fsp3) is 0.500. The lowest BCUT2D eigenvalue weighted by molar-refractivity contribution is 0.00425. The average Bonchev–Trinajstić information content (AvgIpc) is 2.69. The number of nitrogens with zero attached hydrogens (tertiary/aromatic N) is 4. The summed E-state index contributed by atoms with van der Waals surface area (Å²) in [4.78, 5) is 16.6. The molecule has 0 saturated carbocycles. The molecule has 1 aromatic carbocycles. The summed E-state index contributed by atoms with van der Waals surface area (Å²) in [6.07, 6.45) is 2.88. The summed E-state index contributed by atoms with van der Waals surface area (Å²) < 4.78 is 7.59. The zero-order valence-corrected chi connectivity index (χ0v) is 15.1. The molecule has 0 radical (unpaired) electrons. The smallest absolute Gasteiger partial charge is 0.266 e. The number of hydrogen-bond acceptors (Lipinski definition) is 5. The zero-order valence-electron chi connectivity index (χ0n) is 15.1. The normalized spacial score (nSPS) is 21.5. The topological polar surface area (TPSA) is 50.6 Å². The maximum Gasteiger partial charge on any atom is 0.266 e. The van der Waals surface area contributed by atoms with Crippen LogP contribution in [0.1, 0.15) is 17.2 Å². The highest BCUT2D eigenvalue weighted by atomic mass is 16.5. The van der Waals surface area contributed by atoms with Crippen LogP contribution in [0.15, 0.2) is 47.4 Å². The van der Waals surface area contributed by atoms with E-state index in [1.54, 1.807) is 23.0 Å². The third kappa shape index (κ3) is 4.03. The van der Waals surface area contributed by atoms with Crippen LogP contribution < -0.4 is 5.56 Å². The van der Waals surface area contributed by atoms with E-state index in [4.69, 9.17) is 4.74 Å². The molecule has 26 heavy (non-hydrogen) atoms. The summed E-state index contributed by atoms with van der Waals surface area (Å²) >= 11 is 0. The molecule has 0 bridgehead atoms. The lowest BCUT2D eigenvalue weighted by Crippen LogP contribution is -2.49. The van der Waals surface area contributed by atoms with Crippen molar-refractivity contribution < 1.29 is 4.74 Å². The van der Waals surface area contributed by atoms with E-state index in [-0.39, 0.29) is 11.7 Å². The average molecular weight is 354 g/mol. The lowest BCUT2D eigenvalue weighted by Gasteiger charge is -2.37. The first-order valence-electron chi connectivity index (χ1n) is 9.46. The highest BCUT2D eigenvalue weighted by Crippen LogP contribution is 2.27. The predicted octanol–water partition coefficient (Wildman–Crippen LogP) is 1.17. The van der Waals surface area contributed by atoms with Crippen molar-refractivity contribution in [2.45, 2.75) is 19.1 Å². The molecular formula is C20H26N4O2. The van der Waals surface area contributed by atoms with Crippen molar-refractivity contribution in [3.05, 3.63) is 64.1 Å². The number of ether oxygens (including phenoxy) is 1. The maximum absolute atomic E-state index is 11.7. The predicted molar refractivity (Wildman–Crippen MR) is 100 cm³/mol. The Balaban J connectivity index is 1.27. The molecule has 0 aliphatic carbocycles. The molecule has 138 valence electrons. The van der Waals surface area contributed by atoms with Crippen molar-refractivity contribution in [1.82, 2.24) is 19.6 Å². The van der Waals surface area contributed by atoms with Crippen LogP contribution in [-0.4, -0.2) is 65.5 Å². The Labute approximate surface area is 154 Å². The molecule has 1 atom stereocenters. The van der Waals surface area contributed by atoms with Gasteiger partial charge in [-0.3, -0.25) is 14.6 Å². The zero-order chi connectivity index (χ0) is 17.8. The minimum absolute atomic E-state index is 0.0285. The molecule has 1 unspecified atom stereocenters. The standard InChI is InChI=1S/C20H26N4O2/c25-20-6-3-8-21-24(20)14-13-22-9-11-23(12-10-22)16-19-18-5-2-1-4-17(18)7-15-26-19/h1-6,8,19H,7,9-16H2. The van der Waals surface area contributed by atoms with Gasteiger partial charge in [-0.15, -0.1) is 0 Å². The van der Waals surface area contributed by atoms with Gasteiger partial charge < -0.3 is 4.74 Å². The monoisotopic (exact) mass is 354 g/mol. The van der Waals surface area contributed by atoms with E-state index in [1.165, 1.54) is 11.1 Å². The van der Waals surface area contributed by atoms with Gasteiger partial charge in [-0.25, -0.2) is 4.68 Å². The molecule has 1 saturated heterocycles. The SMILES string of the molecule is O=c1cccnn1CCN1CCN(CC2OCCc3ccccc32)CC1. The van der Waals surface area contributed by atoms with E-state index in [9.17, 15) is 4.79 Å². The van der Waals surface area contributed by atoms with Crippen molar-refractivity contribution in [3.8, 4) is 0 Å². The van der Waals surface area contributed by atoms with Crippen molar-refractivity contribution in [1.29, 1.82) is 0 Å². The number of aromatic nitrogens is 2. The van der Waals surface area contributed by atoms with E-state index in [0.29, 0.717) is 6.54 Å². The van der Waals surface area contributed by atoms with Crippen LogP contribution >= 0.6 is 0 Å². The first kappa shape index (κ1) is 17.4. The largest absolute Gasteiger partial charge is 0.372 e. The van der Waals surface area contributed by atoms with Gasteiger partial charge in [-0.05, 0) is 23.6 Å². The lowest BCUT2D eigenvalue weighted by atomic mass is 9.97. The molecule has 2 aliphatic heterocycles. The van der Waals surface area contributed by atoms with E-state index < -0.39 is 0 Å². The Morgan fingerprint density at radius 1 is 1.00 bits per heavy atom. The maximum atomic E-state index is 11.7. The molecule has 1 fully saturated rings. The summed E-state index contributed by atoms with van der Waals surface area (Å²) in [5.41, 5.74) is 2.76. The molecule has 2 aromatic rings. The second kappa shape index (κ2) is 8.12. The summed E-state index contributed by atoms with van der Waals surface area (Å²) in [6.45, 7) is 7.43. The van der Waals surface area contributed by atoms with Crippen LogP contribution in [-0.2, 0) is 17.7 Å². The van der Waals surface area contributed by atoms with Gasteiger partial charge in [0.2, 0.25) is 0 Å². The molecule has 0 N–H and O–H groups in total. The summed E-state index contributed by atoms with van der Waals surface area (Å²) in [6, 6.07) is 11.9. The fourth-order valence-corrected chi connectivity index (χ4v) is 3.85. The molecule has 0 amide bonds. The van der Waals surface area contributed by atoms with Gasteiger partial charge in [0.05, 0.1) is 19.3 Å². The number of benzene rings is 1. The molecule has 6 heteroatoms. The first-order valence-corrected chi connectivity index (χ1v) is 9.46. The van der Waals surface area contributed by atoms with Gasteiger partial charge in [0.15, 0.2) is 0 Å². The molecule has 3 heterocycles. The summed E-state index contributed by atoms with van der Waals surface area (Å²) in [5, 5.41) is 4.13. The minimum atomic E-state index is -0.0285.